The SMILES string of the molecule is [CH2]C(O)CCCCCCCCCCCCCCCC(C)C. The first-order valence-corrected chi connectivity index (χ1v) is 9.64. The van der Waals surface area contributed by atoms with Gasteiger partial charge in [0.2, 0.25) is 0 Å². The molecule has 0 rings (SSSR count). The van der Waals surface area contributed by atoms with E-state index in [1.807, 2.05) is 0 Å². The van der Waals surface area contributed by atoms with Crippen molar-refractivity contribution in [2.24, 2.45) is 5.92 Å². The molecule has 1 heteroatoms. The molecule has 0 aliphatic carbocycles. The molecule has 0 amide bonds. The van der Waals surface area contributed by atoms with Crippen molar-refractivity contribution in [2.45, 2.75) is 116 Å². The van der Waals surface area contributed by atoms with Gasteiger partial charge in [-0.05, 0) is 19.3 Å². The highest BCUT2D eigenvalue weighted by Crippen LogP contribution is 2.14. The lowest BCUT2D eigenvalue weighted by atomic mass is 10.0. The average molecular weight is 298 g/mol. The van der Waals surface area contributed by atoms with Crippen molar-refractivity contribution >= 4 is 0 Å². The number of unbranched alkanes of at least 4 members (excludes halogenated alkanes) is 12. The largest absolute Gasteiger partial charge is 0.393 e. The molecule has 0 spiro atoms. The Labute approximate surface area is 134 Å². The molecule has 1 radical (unpaired) electrons. The van der Waals surface area contributed by atoms with Gasteiger partial charge in [-0.25, -0.2) is 0 Å². The number of hydrogen-bond donors (Lipinski definition) is 1. The van der Waals surface area contributed by atoms with Crippen LogP contribution in [0.1, 0.15) is 110 Å². The molecule has 0 heterocycles. The fourth-order valence-electron chi connectivity index (χ4n) is 2.88. The Morgan fingerprint density at radius 2 is 0.857 bits per heavy atom. The van der Waals surface area contributed by atoms with Gasteiger partial charge in [0.15, 0.2) is 0 Å². The zero-order valence-corrected chi connectivity index (χ0v) is 14.9. The van der Waals surface area contributed by atoms with Crippen molar-refractivity contribution < 1.29 is 5.11 Å². The Morgan fingerprint density at radius 1 is 0.571 bits per heavy atom. The van der Waals surface area contributed by atoms with Gasteiger partial charge in [-0.1, -0.05) is 104 Å². The first-order chi connectivity index (χ1) is 10.1. The molecule has 0 aromatic carbocycles. The third kappa shape index (κ3) is 20.0. The summed E-state index contributed by atoms with van der Waals surface area (Å²) < 4.78 is 0. The van der Waals surface area contributed by atoms with Crippen molar-refractivity contribution in [1.82, 2.24) is 0 Å². The van der Waals surface area contributed by atoms with Crippen LogP contribution in [0.15, 0.2) is 0 Å². The van der Waals surface area contributed by atoms with Crippen LogP contribution in [0.5, 0.6) is 0 Å². The number of aliphatic hydroxyl groups is 1. The fourth-order valence-corrected chi connectivity index (χ4v) is 2.88. The molecule has 21 heavy (non-hydrogen) atoms. The quantitative estimate of drug-likeness (QED) is 0.315. The molecule has 0 saturated heterocycles. The Kier molecular flexibility index (Phi) is 16.3. The van der Waals surface area contributed by atoms with E-state index in [0.717, 1.165) is 18.8 Å². The first kappa shape index (κ1) is 21.0. The second kappa shape index (κ2) is 16.3. The van der Waals surface area contributed by atoms with Crippen LogP contribution in [-0.4, -0.2) is 11.2 Å². The van der Waals surface area contributed by atoms with E-state index in [2.05, 4.69) is 20.8 Å². The van der Waals surface area contributed by atoms with E-state index in [-0.39, 0.29) is 6.10 Å². The third-order valence-electron chi connectivity index (χ3n) is 4.32. The zero-order chi connectivity index (χ0) is 15.8. The minimum atomic E-state index is -0.352. The Balaban J connectivity index is 2.96. The van der Waals surface area contributed by atoms with Gasteiger partial charge in [-0.15, -0.1) is 0 Å². The predicted octanol–water partition coefficient (Wildman–Crippen LogP) is 6.69. The summed E-state index contributed by atoms with van der Waals surface area (Å²) in [6, 6.07) is 0. The molecular formula is C20H41O. The smallest absolute Gasteiger partial charge is 0.0541 e. The van der Waals surface area contributed by atoms with Crippen LogP contribution < -0.4 is 0 Å². The van der Waals surface area contributed by atoms with Gasteiger partial charge < -0.3 is 5.11 Å². The molecule has 0 saturated carbocycles. The monoisotopic (exact) mass is 297 g/mol. The van der Waals surface area contributed by atoms with E-state index in [9.17, 15) is 0 Å². The lowest BCUT2D eigenvalue weighted by Gasteiger charge is -2.05. The Bertz CT molecular complexity index is 166. The summed E-state index contributed by atoms with van der Waals surface area (Å²) in [6.45, 7) is 8.25. The van der Waals surface area contributed by atoms with Crippen LogP contribution in [-0.2, 0) is 0 Å². The predicted molar refractivity (Wildman–Crippen MR) is 95.5 cm³/mol. The summed E-state index contributed by atoms with van der Waals surface area (Å²) in [7, 11) is 0. The summed E-state index contributed by atoms with van der Waals surface area (Å²) in [6.07, 6.45) is 20.0. The molecular weight excluding hydrogens is 256 g/mol. The second-order valence-corrected chi connectivity index (χ2v) is 7.22. The first-order valence-electron chi connectivity index (χ1n) is 9.64. The molecule has 1 unspecified atom stereocenters. The standard InChI is InChI=1S/C20H41O/c1-19(2)17-15-13-11-9-7-5-4-6-8-10-12-14-16-18-20(3)21/h19-21H,3-18H2,1-2H3. The zero-order valence-electron chi connectivity index (χ0n) is 14.9. The van der Waals surface area contributed by atoms with E-state index in [4.69, 9.17) is 5.11 Å². The Hall–Kier alpha value is -0.0400. The van der Waals surface area contributed by atoms with Crippen LogP contribution in [0, 0.1) is 12.8 Å². The van der Waals surface area contributed by atoms with Crippen molar-refractivity contribution in [1.29, 1.82) is 0 Å². The van der Waals surface area contributed by atoms with E-state index in [1.165, 1.54) is 83.5 Å². The molecule has 0 fully saturated rings. The summed E-state index contributed by atoms with van der Waals surface area (Å²) in [5.41, 5.74) is 0. The van der Waals surface area contributed by atoms with Crippen LogP contribution in [0.3, 0.4) is 0 Å². The van der Waals surface area contributed by atoms with E-state index in [0.29, 0.717) is 0 Å². The fraction of sp³-hybridized carbons (Fsp3) is 0.950. The molecule has 0 aromatic rings. The van der Waals surface area contributed by atoms with Gasteiger partial charge in [0, 0.05) is 0 Å². The lowest BCUT2D eigenvalue weighted by molar-refractivity contribution is 0.205. The minimum Gasteiger partial charge on any atom is -0.393 e. The average Bonchev–Trinajstić information content (AvgIpc) is 2.42. The maximum absolute atomic E-state index is 9.06. The molecule has 0 aromatic heterocycles. The van der Waals surface area contributed by atoms with Crippen molar-refractivity contribution in [2.75, 3.05) is 0 Å². The molecule has 1 nitrogen and oxygen atoms in total. The highest BCUT2D eigenvalue weighted by molar-refractivity contribution is 4.56. The minimum absolute atomic E-state index is 0.352. The van der Waals surface area contributed by atoms with Gasteiger partial charge in [-0.3, -0.25) is 0 Å². The van der Waals surface area contributed by atoms with E-state index in [1.54, 1.807) is 0 Å². The van der Waals surface area contributed by atoms with Crippen molar-refractivity contribution in [3.8, 4) is 0 Å². The third-order valence-corrected chi connectivity index (χ3v) is 4.32. The van der Waals surface area contributed by atoms with E-state index < -0.39 is 0 Å². The van der Waals surface area contributed by atoms with Gasteiger partial charge in [0.05, 0.1) is 6.10 Å². The van der Waals surface area contributed by atoms with Crippen LogP contribution >= 0.6 is 0 Å². The summed E-state index contributed by atoms with van der Waals surface area (Å²) in [5.74, 6) is 0.883. The number of rotatable bonds is 16. The highest BCUT2D eigenvalue weighted by Gasteiger charge is 1.97. The van der Waals surface area contributed by atoms with Crippen LogP contribution in [0.4, 0.5) is 0 Å². The van der Waals surface area contributed by atoms with Gasteiger partial charge in [0.1, 0.15) is 0 Å². The molecule has 1 N–H and O–H groups in total. The topological polar surface area (TPSA) is 20.2 Å². The Morgan fingerprint density at radius 3 is 1.14 bits per heavy atom. The van der Waals surface area contributed by atoms with Gasteiger partial charge in [-0.2, -0.15) is 0 Å². The van der Waals surface area contributed by atoms with Crippen LogP contribution in [0.2, 0.25) is 0 Å². The second-order valence-electron chi connectivity index (χ2n) is 7.22. The summed E-state index contributed by atoms with van der Waals surface area (Å²) >= 11 is 0. The molecule has 0 aliphatic rings. The maximum atomic E-state index is 9.06. The highest BCUT2D eigenvalue weighted by atomic mass is 16.3. The van der Waals surface area contributed by atoms with Crippen molar-refractivity contribution in [3.63, 3.8) is 0 Å². The molecule has 1 atom stereocenters. The van der Waals surface area contributed by atoms with Crippen LogP contribution in [0.25, 0.3) is 0 Å². The molecule has 0 bridgehead atoms. The van der Waals surface area contributed by atoms with Crippen molar-refractivity contribution in [3.05, 3.63) is 6.92 Å². The molecule has 0 aliphatic heterocycles. The summed E-state index contributed by atoms with van der Waals surface area (Å²) in [5, 5.41) is 9.06. The summed E-state index contributed by atoms with van der Waals surface area (Å²) in [4.78, 5) is 0. The lowest BCUT2D eigenvalue weighted by Crippen LogP contribution is -1.98. The van der Waals surface area contributed by atoms with E-state index >= 15 is 0 Å². The molecule has 127 valence electrons. The number of hydrogen-bond acceptors (Lipinski definition) is 1. The number of aliphatic hydroxyl groups excluding tert-OH is 1. The maximum Gasteiger partial charge on any atom is 0.0541 e. The normalized spacial score (nSPS) is 13.0. The van der Waals surface area contributed by atoms with Gasteiger partial charge in [0.25, 0.3) is 0 Å². The van der Waals surface area contributed by atoms with Gasteiger partial charge >= 0.3 is 0 Å².